The molecule has 2 aliphatic rings. The number of hydrogen-bond acceptors (Lipinski definition) is 4. The molecule has 2 aromatic rings. The fourth-order valence-electron chi connectivity index (χ4n) is 4.70. The average Bonchev–Trinajstić information content (AvgIpc) is 3.38. The maximum absolute atomic E-state index is 14.7. The molecule has 2 aromatic carbocycles. The summed E-state index contributed by atoms with van der Waals surface area (Å²) in [6.45, 7) is -0.0825. The number of amides is 2. The predicted molar refractivity (Wildman–Crippen MR) is 112 cm³/mol. The molecule has 0 radical (unpaired) electrons. The minimum atomic E-state index is -4.76. The van der Waals surface area contributed by atoms with Crippen LogP contribution in [0.25, 0.3) is 0 Å². The molecule has 1 heterocycles. The van der Waals surface area contributed by atoms with E-state index in [2.05, 4.69) is 5.32 Å². The largest absolute Gasteiger partial charge is 0.417 e. The van der Waals surface area contributed by atoms with Crippen molar-refractivity contribution >= 4 is 23.2 Å². The van der Waals surface area contributed by atoms with E-state index >= 15 is 0 Å². The van der Waals surface area contributed by atoms with Crippen molar-refractivity contribution in [1.82, 2.24) is 5.32 Å². The molecular weight excluding hydrogens is 440 g/mol. The van der Waals surface area contributed by atoms with Crippen LogP contribution in [0.5, 0.6) is 0 Å². The SMILES string of the molecule is CNC(=O)c1ccc(N2CN(c3ccc(C#N)c(C(F)(F)F)c3)C(=O)C23CCCC3)cc1F. The number of rotatable bonds is 3. The van der Waals surface area contributed by atoms with Crippen LogP contribution in [0.2, 0.25) is 0 Å². The average molecular weight is 460 g/mol. The molecule has 1 spiro atoms. The van der Waals surface area contributed by atoms with Crippen LogP contribution in [0.4, 0.5) is 28.9 Å². The van der Waals surface area contributed by atoms with Crippen LogP contribution >= 0.6 is 0 Å². The Bertz CT molecular complexity index is 1170. The van der Waals surface area contributed by atoms with Crippen molar-refractivity contribution in [2.75, 3.05) is 23.5 Å². The van der Waals surface area contributed by atoms with E-state index in [0.717, 1.165) is 25.0 Å². The fourth-order valence-corrected chi connectivity index (χ4v) is 4.70. The Kier molecular flexibility index (Phi) is 5.52. The lowest BCUT2D eigenvalue weighted by Gasteiger charge is -2.33. The lowest BCUT2D eigenvalue weighted by atomic mass is 9.94. The van der Waals surface area contributed by atoms with Gasteiger partial charge in [0.1, 0.15) is 11.4 Å². The maximum Gasteiger partial charge on any atom is 0.417 e. The summed E-state index contributed by atoms with van der Waals surface area (Å²) in [5.74, 6) is -1.72. The zero-order valence-electron chi connectivity index (χ0n) is 17.7. The van der Waals surface area contributed by atoms with E-state index in [0.29, 0.717) is 18.5 Å². The quantitative estimate of drug-likeness (QED) is 0.697. The summed E-state index contributed by atoms with van der Waals surface area (Å²) in [6, 6.07) is 8.72. The molecular formula is C23H20F4N4O2. The fraction of sp³-hybridized carbons (Fsp3) is 0.348. The van der Waals surface area contributed by atoms with E-state index in [1.165, 1.54) is 42.3 Å². The molecule has 0 unspecified atom stereocenters. The molecule has 0 atom stereocenters. The second kappa shape index (κ2) is 8.06. The molecule has 0 aromatic heterocycles. The Morgan fingerprint density at radius 1 is 1.12 bits per heavy atom. The highest BCUT2D eigenvalue weighted by molar-refractivity contribution is 6.06. The van der Waals surface area contributed by atoms with Crippen LogP contribution in [0.3, 0.4) is 0 Å². The van der Waals surface area contributed by atoms with Gasteiger partial charge in [-0.2, -0.15) is 18.4 Å². The van der Waals surface area contributed by atoms with Gasteiger partial charge in [0, 0.05) is 18.4 Å². The zero-order valence-corrected chi connectivity index (χ0v) is 17.7. The van der Waals surface area contributed by atoms with Gasteiger partial charge >= 0.3 is 6.18 Å². The Hall–Kier alpha value is -3.61. The van der Waals surface area contributed by atoms with E-state index in [1.54, 1.807) is 4.90 Å². The first-order valence-electron chi connectivity index (χ1n) is 10.3. The number of nitrogens with zero attached hydrogens (tertiary/aromatic N) is 3. The number of nitriles is 1. The van der Waals surface area contributed by atoms with Crippen LogP contribution in [0.15, 0.2) is 36.4 Å². The van der Waals surface area contributed by atoms with E-state index in [-0.39, 0.29) is 23.8 Å². The van der Waals surface area contributed by atoms with Crippen molar-refractivity contribution in [1.29, 1.82) is 5.26 Å². The maximum atomic E-state index is 14.7. The minimum absolute atomic E-state index is 0.0163. The van der Waals surface area contributed by atoms with Gasteiger partial charge in [-0.25, -0.2) is 4.39 Å². The van der Waals surface area contributed by atoms with Crippen molar-refractivity contribution in [3.63, 3.8) is 0 Å². The summed E-state index contributed by atoms with van der Waals surface area (Å²) in [5.41, 5.74) is -2.42. The van der Waals surface area contributed by atoms with Crippen molar-refractivity contribution in [2.24, 2.45) is 0 Å². The molecule has 2 amide bonds. The molecule has 1 aliphatic heterocycles. The Labute approximate surface area is 187 Å². The van der Waals surface area contributed by atoms with Gasteiger partial charge in [-0.05, 0) is 49.2 Å². The first kappa shape index (κ1) is 22.6. The van der Waals surface area contributed by atoms with E-state index in [9.17, 15) is 27.2 Å². The van der Waals surface area contributed by atoms with Crippen molar-refractivity contribution in [3.05, 3.63) is 58.9 Å². The summed E-state index contributed by atoms with van der Waals surface area (Å²) in [5, 5.41) is 11.4. The summed E-state index contributed by atoms with van der Waals surface area (Å²) < 4.78 is 55.1. The van der Waals surface area contributed by atoms with Gasteiger partial charge in [0.15, 0.2) is 0 Å². The van der Waals surface area contributed by atoms with E-state index < -0.39 is 34.6 Å². The Balaban J connectivity index is 1.77. The molecule has 10 heteroatoms. The van der Waals surface area contributed by atoms with Crippen LogP contribution in [-0.2, 0) is 11.0 Å². The summed E-state index contributed by atoms with van der Waals surface area (Å²) in [6.07, 6.45) is -2.31. The van der Waals surface area contributed by atoms with Crippen LogP contribution in [-0.4, -0.2) is 31.1 Å². The summed E-state index contributed by atoms with van der Waals surface area (Å²) in [4.78, 5) is 28.3. The number of halogens is 4. The van der Waals surface area contributed by atoms with Crippen LogP contribution < -0.4 is 15.1 Å². The highest BCUT2D eigenvalue weighted by Gasteiger charge is 2.54. The second-order valence-corrected chi connectivity index (χ2v) is 8.12. The number of alkyl halides is 3. The first-order chi connectivity index (χ1) is 15.6. The van der Waals surface area contributed by atoms with Gasteiger partial charge in [0.05, 0.1) is 29.4 Å². The molecule has 6 nitrogen and oxygen atoms in total. The van der Waals surface area contributed by atoms with Crippen molar-refractivity contribution in [3.8, 4) is 6.07 Å². The molecule has 4 rings (SSSR count). The zero-order chi connectivity index (χ0) is 24.0. The Morgan fingerprint density at radius 3 is 2.36 bits per heavy atom. The monoisotopic (exact) mass is 460 g/mol. The third-order valence-corrected chi connectivity index (χ3v) is 6.35. The molecule has 1 saturated carbocycles. The Morgan fingerprint density at radius 2 is 1.79 bits per heavy atom. The number of carbonyl (C=O) groups is 2. The third kappa shape index (κ3) is 3.67. The lowest BCUT2D eigenvalue weighted by Crippen LogP contribution is -2.47. The number of benzene rings is 2. The molecule has 33 heavy (non-hydrogen) atoms. The van der Waals surface area contributed by atoms with Crippen LogP contribution in [0, 0.1) is 17.1 Å². The number of nitrogens with one attached hydrogen (secondary N) is 1. The van der Waals surface area contributed by atoms with Crippen LogP contribution in [0.1, 0.15) is 47.2 Å². The highest BCUT2D eigenvalue weighted by atomic mass is 19.4. The molecule has 172 valence electrons. The lowest BCUT2D eigenvalue weighted by molar-refractivity contribution is -0.137. The molecule has 1 N–H and O–H groups in total. The van der Waals surface area contributed by atoms with E-state index in [4.69, 9.17) is 5.26 Å². The van der Waals surface area contributed by atoms with E-state index in [1.807, 2.05) is 0 Å². The molecule has 1 saturated heterocycles. The second-order valence-electron chi connectivity index (χ2n) is 8.12. The number of carbonyl (C=O) groups excluding carboxylic acids is 2. The van der Waals surface area contributed by atoms with Gasteiger partial charge in [0.2, 0.25) is 0 Å². The normalized spacial score (nSPS) is 17.5. The summed E-state index contributed by atoms with van der Waals surface area (Å²) >= 11 is 0. The minimum Gasteiger partial charge on any atom is -0.355 e. The van der Waals surface area contributed by atoms with Gasteiger partial charge in [-0.1, -0.05) is 12.8 Å². The topological polar surface area (TPSA) is 76.4 Å². The van der Waals surface area contributed by atoms with Gasteiger partial charge < -0.3 is 10.2 Å². The smallest absolute Gasteiger partial charge is 0.355 e. The predicted octanol–water partition coefficient (Wildman–Crippen LogP) is 4.20. The number of hydrogen-bond donors (Lipinski definition) is 1. The van der Waals surface area contributed by atoms with Crippen molar-refractivity contribution in [2.45, 2.75) is 37.4 Å². The van der Waals surface area contributed by atoms with Gasteiger partial charge in [-0.15, -0.1) is 0 Å². The summed E-state index contributed by atoms with van der Waals surface area (Å²) in [7, 11) is 1.38. The molecule has 2 fully saturated rings. The van der Waals surface area contributed by atoms with Gasteiger partial charge in [-0.3, -0.25) is 14.5 Å². The third-order valence-electron chi connectivity index (χ3n) is 6.35. The molecule has 1 aliphatic carbocycles. The van der Waals surface area contributed by atoms with Crippen molar-refractivity contribution < 1.29 is 27.2 Å². The highest BCUT2D eigenvalue weighted by Crippen LogP contribution is 2.45. The molecule has 0 bridgehead atoms. The standard InChI is InChI=1S/C23H20F4N4O2/c1-29-20(32)17-7-6-16(11-19(17)24)31-13-30(21(33)22(31)8-2-3-9-22)15-5-4-14(12-28)18(10-15)23(25,26)27/h4-7,10-11H,2-3,8-9,13H2,1H3,(H,29,32). The first-order valence-corrected chi connectivity index (χ1v) is 10.3. The van der Waals surface area contributed by atoms with Gasteiger partial charge in [0.25, 0.3) is 11.8 Å². The number of anilines is 2.